The molecule has 0 heterocycles. The molecule has 0 spiro atoms. The summed E-state index contributed by atoms with van der Waals surface area (Å²) in [6.07, 6.45) is 5.69. The molecule has 0 fully saturated rings. The van der Waals surface area contributed by atoms with E-state index in [2.05, 4.69) is 24.7 Å². The van der Waals surface area contributed by atoms with E-state index >= 15 is 0 Å². The smallest absolute Gasteiger partial charge is 0.233 e. The summed E-state index contributed by atoms with van der Waals surface area (Å²) in [5.41, 5.74) is 1.76. The number of ether oxygens (including phenoxy) is 1. The fourth-order valence-electron chi connectivity index (χ4n) is 2.60. The van der Waals surface area contributed by atoms with Crippen LogP contribution in [-0.2, 0) is 0 Å². The van der Waals surface area contributed by atoms with Crippen molar-refractivity contribution in [2.45, 2.75) is 20.3 Å². The van der Waals surface area contributed by atoms with Crippen LogP contribution in [0.3, 0.4) is 0 Å². The molecule has 0 radical (unpaired) electrons. The quantitative estimate of drug-likeness (QED) is 0.297. The minimum Gasteiger partial charge on any atom is -0.493 e. The van der Waals surface area contributed by atoms with E-state index in [4.69, 9.17) is 11.2 Å². The van der Waals surface area contributed by atoms with Crippen LogP contribution in [0, 0.1) is 12.3 Å². The lowest BCUT2D eigenvalue weighted by Crippen LogP contribution is -2.22. The van der Waals surface area contributed by atoms with Crippen molar-refractivity contribution in [1.29, 1.82) is 0 Å². The van der Waals surface area contributed by atoms with Crippen LogP contribution in [0.5, 0.6) is 5.75 Å². The zero-order chi connectivity index (χ0) is 18.9. The number of Topliss-reactive ketones (excluding diaryl/α,β-unsaturated/α-hetero) is 2. The maximum Gasteiger partial charge on any atom is 0.233 e. The first-order valence-electron chi connectivity index (χ1n) is 8.71. The second kappa shape index (κ2) is 9.43. The zero-order valence-corrected chi connectivity index (χ0v) is 15.2. The van der Waals surface area contributed by atoms with E-state index in [9.17, 15) is 9.59 Å². The van der Waals surface area contributed by atoms with Crippen LogP contribution in [-0.4, -0.2) is 31.3 Å². The summed E-state index contributed by atoms with van der Waals surface area (Å²) in [5, 5.41) is 0. The Morgan fingerprint density at radius 1 is 0.923 bits per heavy atom. The van der Waals surface area contributed by atoms with Gasteiger partial charge in [0.05, 0.1) is 6.61 Å². The van der Waals surface area contributed by atoms with Crippen LogP contribution in [0.25, 0.3) is 0 Å². The lowest BCUT2D eigenvalue weighted by atomic mass is 10.0. The van der Waals surface area contributed by atoms with Crippen LogP contribution in [0.4, 0.5) is 5.69 Å². The third-order valence-corrected chi connectivity index (χ3v) is 4.10. The van der Waals surface area contributed by atoms with Crippen LogP contribution in [0.2, 0.25) is 0 Å². The summed E-state index contributed by atoms with van der Waals surface area (Å²) in [6.45, 7) is 6.34. The number of anilines is 1. The lowest BCUT2D eigenvalue weighted by Gasteiger charge is -2.20. The molecule has 0 aliphatic heterocycles. The van der Waals surface area contributed by atoms with Gasteiger partial charge in [0.25, 0.3) is 0 Å². The minimum absolute atomic E-state index is 0.340. The number of benzene rings is 2. The highest BCUT2D eigenvalue weighted by Gasteiger charge is 2.18. The molecule has 4 heteroatoms. The molecule has 0 aliphatic rings. The standard InChI is InChI=1S/C22H23NO3/c1-4-7-16-26-20-14-10-18(11-15-20)22(25)21(24)17-8-12-19(13-9-17)23(5-2)6-3/h1,8-15H,5-7,16H2,2-3H3. The fraction of sp³-hybridized carbons (Fsp3) is 0.273. The van der Waals surface area contributed by atoms with Gasteiger partial charge in [0, 0.05) is 36.3 Å². The van der Waals surface area contributed by atoms with E-state index in [-0.39, 0.29) is 0 Å². The van der Waals surface area contributed by atoms with Crippen molar-refractivity contribution in [3.63, 3.8) is 0 Å². The van der Waals surface area contributed by atoms with Crippen molar-refractivity contribution in [3.8, 4) is 18.1 Å². The Kier molecular flexibility index (Phi) is 6.99. The molecule has 134 valence electrons. The second-order valence-electron chi connectivity index (χ2n) is 5.70. The Bertz CT molecular complexity index is 782. The third kappa shape index (κ3) is 4.73. The molecule has 0 bridgehead atoms. The van der Waals surface area contributed by atoms with Gasteiger partial charge in [-0.15, -0.1) is 12.3 Å². The first-order chi connectivity index (χ1) is 12.6. The van der Waals surface area contributed by atoms with Gasteiger partial charge >= 0.3 is 0 Å². The van der Waals surface area contributed by atoms with Gasteiger partial charge in [0.15, 0.2) is 0 Å². The van der Waals surface area contributed by atoms with E-state index in [0.29, 0.717) is 29.9 Å². The minimum atomic E-state index is -0.532. The van der Waals surface area contributed by atoms with Gasteiger partial charge in [-0.05, 0) is 62.4 Å². The van der Waals surface area contributed by atoms with Crippen molar-refractivity contribution in [1.82, 2.24) is 0 Å². The highest BCUT2D eigenvalue weighted by Crippen LogP contribution is 2.18. The van der Waals surface area contributed by atoms with Crippen LogP contribution in [0.15, 0.2) is 48.5 Å². The zero-order valence-electron chi connectivity index (χ0n) is 15.2. The van der Waals surface area contributed by atoms with Gasteiger partial charge < -0.3 is 9.64 Å². The number of hydrogen-bond acceptors (Lipinski definition) is 4. The Morgan fingerprint density at radius 3 is 1.88 bits per heavy atom. The molecule has 0 N–H and O–H groups in total. The number of nitrogens with zero attached hydrogens (tertiary/aromatic N) is 1. The Balaban J connectivity index is 2.07. The summed E-state index contributed by atoms with van der Waals surface area (Å²) in [6, 6.07) is 13.7. The molecular weight excluding hydrogens is 326 g/mol. The first kappa shape index (κ1) is 19.3. The number of rotatable bonds is 9. The van der Waals surface area contributed by atoms with Gasteiger partial charge in [0.2, 0.25) is 11.6 Å². The lowest BCUT2D eigenvalue weighted by molar-refractivity contribution is 0.0817. The molecule has 26 heavy (non-hydrogen) atoms. The summed E-state index contributed by atoms with van der Waals surface area (Å²) in [7, 11) is 0. The first-order valence-corrected chi connectivity index (χ1v) is 8.71. The van der Waals surface area contributed by atoms with Crippen molar-refractivity contribution in [3.05, 3.63) is 59.7 Å². The van der Waals surface area contributed by atoms with Gasteiger partial charge in [0.1, 0.15) is 5.75 Å². The molecule has 0 saturated heterocycles. The van der Waals surface area contributed by atoms with E-state index in [0.717, 1.165) is 18.8 Å². The summed E-state index contributed by atoms with van der Waals surface area (Å²) < 4.78 is 5.44. The second-order valence-corrected chi connectivity index (χ2v) is 5.70. The van der Waals surface area contributed by atoms with E-state index in [1.807, 2.05) is 12.1 Å². The molecule has 0 aliphatic carbocycles. The number of carbonyl (C=O) groups is 2. The molecule has 2 aromatic carbocycles. The molecule has 4 nitrogen and oxygen atoms in total. The maximum absolute atomic E-state index is 12.4. The van der Waals surface area contributed by atoms with Gasteiger partial charge in [-0.2, -0.15) is 0 Å². The fourth-order valence-corrected chi connectivity index (χ4v) is 2.60. The van der Waals surface area contributed by atoms with E-state index < -0.39 is 11.6 Å². The largest absolute Gasteiger partial charge is 0.493 e. The molecule has 0 amide bonds. The molecular formula is C22H23NO3. The van der Waals surface area contributed by atoms with Crippen molar-refractivity contribution < 1.29 is 14.3 Å². The number of carbonyl (C=O) groups excluding carboxylic acids is 2. The Labute approximate surface area is 154 Å². The van der Waals surface area contributed by atoms with Crippen LogP contribution >= 0.6 is 0 Å². The number of ketones is 2. The summed E-state index contributed by atoms with van der Waals surface area (Å²) >= 11 is 0. The van der Waals surface area contributed by atoms with E-state index in [1.54, 1.807) is 36.4 Å². The predicted octanol–water partition coefficient (Wildman–Crippen LogP) is 4.00. The van der Waals surface area contributed by atoms with Crippen molar-refractivity contribution >= 4 is 17.3 Å². The Morgan fingerprint density at radius 2 is 1.42 bits per heavy atom. The SMILES string of the molecule is C#CCCOc1ccc(C(=O)C(=O)c2ccc(N(CC)CC)cc2)cc1. The normalized spacial score (nSPS) is 10.0. The molecule has 0 saturated carbocycles. The maximum atomic E-state index is 12.4. The molecule has 0 aromatic heterocycles. The van der Waals surface area contributed by atoms with Gasteiger partial charge in [-0.1, -0.05) is 0 Å². The number of hydrogen-bond donors (Lipinski definition) is 0. The summed E-state index contributed by atoms with van der Waals surface area (Å²) in [4.78, 5) is 27.0. The Hall–Kier alpha value is -3.06. The number of terminal acetylenes is 1. The topological polar surface area (TPSA) is 46.6 Å². The average molecular weight is 349 g/mol. The predicted molar refractivity (Wildman–Crippen MR) is 104 cm³/mol. The molecule has 2 rings (SSSR count). The highest BCUT2D eigenvalue weighted by atomic mass is 16.5. The molecule has 0 atom stereocenters. The van der Waals surface area contributed by atoms with Crippen molar-refractivity contribution in [2.75, 3.05) is 24.6 Å². The van der Waals surface area contributed by atoms with Crippen LogP contribution in [0.1, 0.15) is 41.0 Å². The van der Waals surface area contributed by atoms with Crippen LogP contribution < -0.4 is 9.64 Å². The summed E-state index contributed by atoms with van der Waals surface area (Å²) in [5.74, 6) is 2.06. The molecule has 0 unspecified atom stereocenters. The monoisotopic (exact) mass is 349 g/mol. The van der Waals surface area contributed by atoms with E-state index in [1.165, 1.54) is 0 Å². The third-order valence-electron chi connectivity index (χ3n) is 4.10. The van der Waals surface area contributed by atoms with Crippen molar-refractivity contribution in [2.24, 2.45) is 0 Å². The van der Waals surface area contributed by atoms with Gasteiger partial charge in [-0.25, -0.2) is 0 Å². The average Bonchev–Trinajstić information content (AvgIpc) is 2.69. The highest BCUT2D eigenvalue weighted by molar-refractivity contribution is 6.49. The molecule has 2 aromatic rings. The van der Waals surface area contributed by atoms with Gasteiger partial charge in [-0.3, -0.25) is 9.59 Å².